The van der Waals surface area contributed by atoms with Gasteiger partial charge in [-0.25, -0.2) is 0 Å². The molecule has 210 valence electrons. The molecule has 1 saturated heterocycles. The van der Waals surface area contributed by atoms with Gasteiger partial charge in [0.15, 0.2) is 0 Å². The Balaban J connectivity index is 1.51. The zero-order chi connectivity index (χ0) is 28.2. The molecule has 1 heterocycles. The molecule has 3 aromatic carbocycles. The summed E-state index contributed by atoms with van der Waals surface area (Å²) in [6, 6.07) is 20.2. The number of alkyl halides is 3. The topological polar surface area (TPSA) is 13.0 Å². The first-order valence-electron chi connectivity index (χ1n) is 13.0. The Bertz CT molecular complexity index is 1160. The molecule has 0 saturated carbocycles. The van der Waals surface area contributed by atoms with Crippen LogP contribution < -0.4 is 4.90 Å². The Morgan fingerprint density at radius 1 is 0.769 bits per heavy atom. The summed E-state index contributed by atoms with van der Waals surface area (Å²) in [5.74, 6) is 0. The normalized spacial score (nSPS) is 15.3. The van der Waals surface area contributed by atoms with Crippen LogP contribution in [0.1, 0.15) is 28.3 Å². The van der Waals surface area contributed by atoms with Crippen LogP contribution in [0.5, 0.6) is 0 Å². The molecule has 4 nitrogen and oxygen atoms in total. The fourth-order valence-electron chi connectivity index (χ4n) is 5.03. The number of halogens is 5. The molecule has 1 aliphatic heterocycles. The van der Waals surface area contributed by atoms with Crippen molar-refractivity contribution in [2.75, 3.05) is 65.3 Å². The van der Waals surface area contributed by atoms with E-state index in [0.29, 0.717) is 28.7 Å². The first-order chi connectivity index (χ1) is 18.5. The van der Waals surface area contributed by atoms with Crippen LogP contribution in [0.3, 0.4) is 0 Å². The van der Waals surface area contributed by atoms with Gasteiger partial charge in [-0.05, 0) is 73.3 Å². The molecule has 0 N–H and O–H groups in total. The number of hydrogen-bond acceptors (Lipinski definition) is 4. The molecule has 39 heavy (non-hydrogen) atoms. The first-order valence-corrected chi connectivity index (χ1v) is 13.8. The van der Waals surface area contributed by atoms with Crippen molar-refractivity contribution in [1.29, 1.82) is 0 Å². The van der Waals surface area contributed by atoms with E-state index in [1.165, 1.54) is 6.07 Å². The molecular formula is C30H35Cl2F3N4. The maximum absolute atomic E-state index is 13.9. The van der Waals surface area contributed by atoms with E-state index in [2.05, 4.69) is 14.7 Å². The number of rotatable bonds is 9. The minimum atomic E-state index is -4.40. The highest BCUT2D eigenvalue weighted by molar-refractivity contribution is 6.30. The number of likely N-dealkylation sites (N-methyl/N-ethyl adjacent to an activating group) is 2. The Morgan fingerprint density at radius 3 is 1.79 bits per heavy atom. The predicted molar refractivity (Wildman–Crippen MR) is 155 cm³/mol. The molecule has 1 fully saturated rings. The highest BCUT2D eigenvalue weighted by Gasteiger charge is 2.34. The zero-order valence-electron chi connectivity index (χ0n) is 22.6. The van der Waals surface area contributed by atoms with E-state index in [1.807, 2.05) is 74.6 Å². The molecule has 0 unspecified atom stereocenters. The lowest BCUT2D eigenvalue weighted by atomic mass is 9.96. The van der Waals surface area contributed by atoms with E-state index >= 15 is 0 Å². The highest BCUT2D eigenvalue weighted by Crippen LogP contribution is 2.36. The zero-order valence-corrected chi connectivity index (χ0v) is 24.1. The van der Waals surface area contributed by atoms with Gasteiger partial charge < -0.3 is 9.80 Å². The van der Waals surface area contributed by atoms with Gasteiger partial charge in [0.25, 0.3) is 0 Å². The average Bonchev–Trinajstić information content (AvgIpc) is 2.90. The molecule has 0 bridgehead atoms. The second kappa shape index (κ2) is 12.9. The van der Waals surface area contributed by atoms with Crippen LogP contribution in [0.15, 0.2) is 66.7 Å². The molecule has 0 radical (unpaired) electrons. The maximum Gasteiger partial charge on any atom is 0.416 e. The third-order valence-corrected chi connectivity index (χ3v) is 7.76. The van der Waals surface area contributed by atoms with Crippen LogP contribution in [0.2, 0.25) is 10.0 Å². The summed E-state index contributed by atoms with van der Waals surface area (Å²) >= 11 is 12.3. The van der Waals surface area contributed by atoms with Crippen molar-refractivity contribution in [3.8, 4) is 0 Å². The highest BCUT2D eigenvalue weighted by atomic mass is 35.5. The van der Waals surface area contributed by atoms with Gasteiger partial charge in [-0.2, -0.15) is 13.2 Å². The summed E-state index contributed by atoms with van der Waals surface area (Å²) in [7, 11) is 5.88. The minimum absolute atomic E-state index is 0.00101. The van der Waals surface area contributed by atoms with Gasteiger partial charge in [0, 0.05) is 68.6 Å². The fraction of sp³-hybridized carbons (Fsp3) is 0.400. The molecule has 3 aromatic rings. The number of nitrogens with zero attached hydrogens (tertiary/aromatic N) is 4. The number of hydrogen-bond donors (Lipinski definition) is 0. The molecule has 0 aromatic heterocycles. The largest absolute Gasteiger partial charge is 0.416 e. The summed E-state index contributed by atoms with van der Waals surface area (Å²) in [4.78, 5) is 8.55. The average molecular weight is 580 g/mol. The van der Waals surface area contributed by atoms with E-state index in [0.717, 1.165) is 43.0 Å². The van der Waals surface area contributed by atoms with Gasteiger partial charge in [0.1, 0.15) is 0 Å². The molecule has 1 aliphatic rings. The summed E-state index contributed by atoms with van der Waals surface area (Å²) < 4.78 is 41.8. The Labute approximate surface area is 239 Å². The third kappa shape index (κ3) is 7.89. The lowest BCUT2D eigenvalue weighted by molar-refractivity contribution is -0.138. The Morgan fingerprint density at radius 2 is 1.31 bits per heavy atom. The summed E-state index contributed by atoms with van der Waals surface area (Å²) in [5, 5.41) is 1.35. The summed E-state index contributed by atoms with van der Waals surface area (Å²) in [6.07, 6.45) is -4.40. The monoisotopic (exact) mass is 578 g/mol. The first kappa shape index (κ1) is 29.7. The summed E-state index contributed by atoms with van der Waals surface area (Å²) in [6.45, 7) is 4.57. The molecular weight excluding hydrogens is 544 g/mol. The maximum atomic E-state index is 13.9. The smallest absolute Gasteiger partial charge is 0.373 e. The van der Waals surface area contributed by atoms with Gasteiger partial charge in [-0.15, -0.1) is 0 Å². The summed E-state index contributed by atoms with van der Waals surface area (Å²) in [5.41, 5.74) is 2.78. The van der Waals surface area contributed by atoms with Crippen LogP contribution in [-0.4, -0.2) is 75.1 Å². The number of benzene rings is 3. The predicted octanol–water partition coefficient (Wildman–Crippen LogP) is 6.92. The Hall–Kier alpha value is -2.29. The lowest BCUT2D eigenvalue weighted by Crippen LogP contribution is -2.47. The van der Waals surface area contributed by atoms with E-state index in [-0.39, 0.29) is 12.6 Å². The quantitative estimate of drug-likeness (QED) is 0.273. The van der Waals surface area contributed by atoms with E-state index in [1.54, 1.807) is 12.1 Å². The van der Waals surface area contributed by atoms with Crippen molar-refractivity contribution < 1.29 is 13.2 Å². The molecule has 4 rings (SSSR count). The number of piperazine rings is 1. The fourth-order valence-corrected chi connectivity index (χ4v) is 5.28. The molecule has 0 atom stereocenters. The van der Waals surface area contributed by atoms with Crippen LogP contribution >= 0.6 is 23.2 Å². The third-order valence-electron chi connectivity index (χ3n) is 7.26. The van der Waals surface area contributed by atoms with Gasteiger partial charge in [0.2, 0.25) is 0 Å². The van der Waals surface area contributed by atoms with Crippen LogP contribution in [-0.2, 0) is 12.7 Å². The van der Waals surface area contributed by atoms with Crippen molar-refractivity contribution >= 4 is 28.9 Å². The van der Waals surface area contributed by atoms with Crippen LogP contribution in [0, 0.1) is 0 Å². The van der Waals surface area contributed by atoms with Gasteiger partial charge in [-0.1, -0.05) is 47.5 Å². The van der Waals surface area contributed by atoms with Crippen molar-refractivity contribution in [3.63, 3.8) is 0 Å². The van der Waals surface area contributed by atoms with Crippen molar-refractivity contribution in [3.05, 3.63) is 99.0 Å². The Kier molecular flexibility index (Phi) is 9.83. The number of anilines is 1. The van der Waals surface area contributed by atoms with Crippen molar-refractivity contribution in [2.45, 2.75) is 18.8 Å². The van der Waals surface area contributed by atoms with Gasteiger partial charge in [-0.3, -0.25) is 9.80 Å². The van der Waals surface area contributed by atoms with E-state index in [9.17, 15) is 13.2 Å². The van der Waals surface area contributed by atoms with Crippen molar-refractivity contribution in [2.24, 2.45) is 0 Å². The minimum Gasteiger partial charge on any atom is -0.373 e. The molecule has 0 spiro atoms. The van der Waals surface area contributed by atoms with E-state index < -0.39 is 11.7 Å². The molecule has 0 amide bonds. The second-order valence-electron chi connectivity index (χ2n) is 10.4. The standard InChI is InChI=1S/C30H35Cl2F3N4/c1-36(2)14-15-37(3)27-12-13-28(30(33,34)35)24(20-27)21-38-16-18-39(19-17-38)29(22-4-8-25(31)9-5-22)23-6-10-26(32)11-7-23/h4-13,20,29H,14-19,21H2,1-3H3. The second-order valence-corrected chi connectivity index (χ2v) is 11.3. The molecule has 9 heteroatoms. The van der Waals surface area contributed by atoms with Gasteiger partial charge in [0.05, 0.1) is 11.6 Å². The van der Waals surface area contributed by atoms with Gasteiger partial charge >= 0.3 is 6.18 Å². The SMILES string of the molecule is CN(C)CCN(C)c1ccc(C(F)(F)F)c(CN2CCN(C(c3ccc(Cl)cc3)c3ccc(Cl)cc3)CC2)c1. The molecule has 0 aliphatic carbocycles. The van der Waals surface area contributed by atoms with Crippen LogP contribution in [0.25, 0.3) is 0 Å². The van der Waals surface area contributed by atoms with Crippen LogP contribution in [0.4, 0.5) is 18.9 Å². The van der Waals surface area contributed by atoms with Crippen molar-refractivity contribution in [1.82, 2.24) is 14.7 Å². The lowest BCUT2D eigenvalue weighted by Gasteiger charge is -2.40. The van der Waals surface area contributed by atoms with E-state index in [4.69, 9.17) is 23.2 Å².